The van der Waals surface area contributed by atoms with Gasteiger partial charge in [0.2, 0.25) is 5.91 Å². The summed E-state index contributed by atoms with van der Waals surface area (Å²) in [7, 11) is 0. The van der Waals surface area contributed by atoms with Gasteiger partial charge in [-0.05, 0) is 43.2 Å². The molecule has 0 aromatic heterocycles. The highest BCUT2D eigenvalue weighted by molar-refractivity contribution is 6.09. The molecule has 6 nitrogen and oxygen atoms in total. The summed E-state index contributed by atoms with van der Waals surface area (Å²) < 4.78 is 0. The van der Waals surface area contributed by atoms with E-state index in [4.69, 9.17) is 0 Å². The highest BCUT2D eigenvalue weighted by Gasteiger charge is 2.51. The van der Waals surface area contributed by atoms with Gasteiger partial charge in [-0.15, -0.1) is 0 Å². The first kappa shape index (κ1) is 20.4. The summed E-state index contributed by atoms with van der Waals surface area (Å²) in [6.45, 7) is 6.04. The molecule has 1 spiro atoms. The predicted molar refractivity (Wildman–Crippen MR) is 108 cm³/mol. The third-order valence-corrected chi connectivity index (χ3v) is 5.76. The molecule has 1 aliphatic carbocycles. The van der Waals surface area contributed by atoms with Crippen LogP contribution in [0.5, 0.6) is 0 Å². The van der Waals surface area contributed by atoms with E-state index in [2.05, 4.69) is 36.6 Å². The first-order valence-electron chi connectivity index (χ1n) is 10.3. The standard InChI is InChI=1S/C22H31N3O3/c1-15(2)13-17-7-9-18(10-8-17)16(3)23-19(26)14-25-20(27)22(24-21(25)28)11-5-4-6-12-22/h7-10,15-16H,4-6,11-14H2,1-3H3,(H,23,26)(H,24,28)/t16-/m0/s1. The van der Waals surface area contributed by atoms with Gasteiger partial charge < -0.3 is 10.6 Å². The Morgan fingerprint density at radius 1 is 1.11 bits per heavy atom. The molecular weight excluding hydrogens is 354 g/mol. The molecule has 0 bridgehead atoms. The normalized spacial score (nSPS) is 19.8. The lowest BCUT2D eigenvalue weighted by Gasteiger charge is -2.30. The number of nitrogens with one attached hydrogen (secondary N) is 2. The number of rotatable bonds is 6. The van der Waals surface area contributed by atoms with E-state index in [0.29, 0.717) is 18.8 Å². The van der Waals surface area contributed by atoms with Crippen LogP contribution in [0.3, 0.4) is 0 Å². The van der Waals surface area contributed by atoms with Crippen LogP contribution >= 0.6 is 0 Å². The Morgan fingerprint density at radius 2 is 1.75 bits per heavy atom. The van der Waals surface area contributed by atoms with Gasteiger partial charge in [-0.1, -0.05) is 57.4 Å². The van der Waals surface area contributed by atoms with Crippen LogP contribution in [0.1, 0.15) is 70.0 Å². The smallest absolute Gasteiger partial charge is 0.325 e. The van der Waals surface area contributed by atoms with Crippen LogP contribution in [0.4, 0.5) is 4.79 Å². The number of carbonyl (C=O) groups is 3. The fourth-order valence-corrected chi connectivity index (χ4v) is 4.24. The summed E-state index contributed by atoms with van der Waals surface area (Å²) in [5, 5.41) is 5.74. The molecular formula is C22H31N3O3. The van der Waals surface area contributed by atoms with E-state index in [-0.39, 0.29) is 24.4 Å². The number of imide groups is 1. The van der Waals surface area contributed by atoms with Crippen molar-refractivity contribution in [2.24, 2.45) is 5.92 Å². The largest absolute Gasteiger partial charge is 0.348 e. The quantitative estimate of drug-likeness (QED) is 0.738. The van der Waals surface area contributed by atoms with Gasteiger partial charge in [-0.3, -0.25) is 14.5 Å². The fourth-order valence-electron chi connectivity index (χ4n) is 4.24. The number of urea groups is 1. The van der Waals surface area contributed by atoms with Gasteiger partial charge in [0.05, 0.1) is 6.04 Å². The second kappa shape index (κ2) is 8.33. The maximum atomic E-state index is 12.8. The summed E-state index contributed by atoms with van der Waals surface area (Å²) >= 11 is 0. The van der Waals surface area contributed by atoms with Crippen molar-refractivity contribution in [3.8, 4) is 0 Å². The van der Waals surface area contributed by atoms with Crippen LogP contribution in [0.2, 0.25) is 0 Å². The summed E-state index contributed by atoms with van der Waals surface area (Å²) in [5.74, 6) is 0.0211. The second-order valence-electron chi connectivity index (χ2n) is 8.59. The Balaban J connectivity index is 1.57. The highest BCUT2D eigenvalue weighted by Crippen LogP contribution is 2.33. The van der Waals surface area contributed by atoms with Gasteiger partial charge in [0, 0.05) is 0 Å². The molecule has 0 radical (unpaired) electrons. The minimum atomic E-state index is -0.784. The summed E-state index contributed by atoms with van der Waals surface area (Å²) in [6.07, 6.45) is 5.28. The zero-order valence-corrected chi connectivity index (χ0v) is 17.1. The SMILES string of the molecule is CC(C)Cc1ccc([C@H](C)NC(=O)CN2C(=O)NC3(CCCCC3)C2=O)cc1. The Bertz CT molecular complexity index is 736. The third-order valence-electron chi connectivity index (χ3n) is 5.76. The molecule has 1 atom stereocenters. The molecule has 2 N–H and O–H groups in total. The van der Waals surface area contributed by atoms with Crippen LogP contribution in [0.25, 0.3) is 0 Å². The molecule has 1 saturated heterocycles. The molecule has 1 heterocycles. The van der Waals surface area contributed by atoms with E-state index >= 15 is 0 Å². The number of benzene rings is 1. The van der Waals surface area contributed by atoms with E-state index in [1.54, 1.807) is 0 Å². The Labute approximate surface area is 167 Å². The molecule has 1 aromatic carbocycles. The molecule has 2 aliphatic rings. The zero-order valence-electron chi connectivity index (χ0n) is 17.1. The lowest BCUT2D eigenvalue weighted by Crippen LogP contribution is -2.49. The van der Waals surface area contributed by atoms with E-state index in [0.717, 1.165) is 36.1 Å². The lowest BCUT2D eigenvalue weighted by atomic mass is 9.82. The number of hydrogen-bond donors (Lipinski definition) is 2. The van der Waals surface area contributed by atoms with Gasteiger partial charge >= 0.3 is 6.03 Å². The molecule has 152 valence electrons. The number of amides is 4. The molecule has 0 unspecified atom stereocenters. The van der Waals surface area contributed by atoms with Crippen molar-refractivity contribution >= 4 is 17.8 Å². The maximum Gasteiger partial charge on any atom is 0.325 e. The first-order chi connectivity index (χ1) is 13.3. The minimum Gasteiger partial charge on any atom is -0.348 e. The van der Waals surface area contributed by atoms with E-state index in [1.165, 1.54) is 5.56 Å². The number of nitrogens with zero attached hydrogens (tertiary/aromatic N) is 1. The van der Waals surface area contributed by atoms with Crippen LogP contribution < -0.4 is 10.6 Å². The summed E-state index contributed by atoms with van der Waals surface area (Å²) in [5.41, 5.74) is 1.49. The van der Waals surface area contributed by atoms with Crippen LogP contribution in [-0.4, -0.2) is 34.8 Å². The predicted octanol–water partition coefficient (Wildman–Crippen LogP) is 3.32. The molecule has 6 heteroatoms. The fraction of sp³-hybridized carbons (Fsp3) is 0.591. The first-order valence-corrected chi connectivity index (χ1v) is 10.3. The van der Waals surface area contributed by atoms with Crippen molar-refractivity contribution in [2.45, 2.75) is 70.9 Å². The van der Waals surface area contributed by atoms with Crippen molar-refractivity contribution in [1.29, 1.82) is 0 Å². The average molecular weight is 386 g/mol. The number of hydrogen-bond acceptors (Lipinski definition) is 3. The van der Waals surface area contributed by atoms with Crippen molar-refractivity contribution in [2.75, 3.05) is 6.54 Å². The van der Waals surface area contributed by atoms with E-state index in [1.807, 2.05) is 19.1 Å². The van der Waals surface area contributed by atoms with Crippen LogP contribution in [-0.2, 0) is 16.0 Å². The maximum absolute atomic E-state index is 12.8. The van der Waals surface area contributed by atoms with Gasteiger partial charge in [0.15, 0.2) is 0 Å². The zero-order chi connectivity index (χ0) is 20.3. The second-order valence-corrected chi connectivity index (χ2v) is 8.59. The van der Waals surface area contributed by atoms with Crippen molar-refractivity contribution < 1.29 is 14.4 Å². The van der Waals surface area contributed by atoms with Gasteiger partial charge in [0.25, 0.3) is 5.91 Å². The monoisotopic (exact) mass is 385 g/mol. The molecule has 1 aliphatic heterocycles. The van der Waals surface area contributed by atoms with E-state index in [9.17, 15) is 14.4 Å². The van der Waals surface area contributed by atoms with Crippen molar-refractivity contribution in [3.63, 3.8) is 0 Å². The summed E-state index contributed by atoms with van der Waals surface area (Å²) in [6, 6.07) is 7.57. The molecule has 1 aromatic rings. The number of carbonyl (C=O) groups excluding carboxylic acids is 3. The Morgan fingerprint density at radius 3 is 2.36 bits per heavy atom. The minimum absolute atomic E-state index is 0.190. The van der Waals surface area contributed by atoms with E-state index < -0.39 is 11.6 Å². The van der Waals surface area contributed by atoms with Crippen molar-refractivity contribution in [3.05, 3.63) is 35.4 Å². The van der Waals surface area contributed by atoms with Crippen molar-refractivity contribution in [1.82, 2.24) is 15.5 Å². The molecule has 4 amide bonds. The average Bonchev–Trinajstić information content (AvgIpc) is 2.86. The molecule has 3 rings (SSSR count). The van der Waals surface area contributed by atoms with Gasteiger partial charge in [0.1, 0.15) is 12.1 Å². The lowest BCUT2D eigenvalue weighted by molar-refractivity contribution is -0.136. The highest BCUT2D eigenvalue weighted by atomic mass is 16.2. The van der Waals surface area contributed by atoms with Crippen LogP contribution in [0, 0.1) is 5.92 Å². The molecule has 1 saturated carbocycles. The Hall–Kier alpha value is -2.37. The molecule has 2 fully saturated rings. The topological polar surface area (TPSA) is 78.5 Å². The Kier molecular flexibility index (Phi) is 6.06. The van der Waals surface area contributed by atoms with Gasteiger partial charge in [-0.25, -0.2) is 4.79 Å². The van der Waals surface area contributed by atoms with Crippen LogP contribution in [0.15, 0.2) is 24.3 Å². The third kappa shape index (κ3) is 4.37. The van der Waals surface area contributed by atoms with Gasteiger partial charge in [-0.2, -0.15) is 0 Å². The summed E-state index contributed by atoms with van der Waals surface area (Å²) in [4.78, 5) is 38.6. The molecule has 28 heavy (non-hydrogen) atoms.